The summed E-state index contributed by atoms with van der Waals surface area (Å²) in [5.74, 6) is -0.920. The van der Waals surface area contributed by atoms with Gasteiger partial charge < -0.3 is 18.9 Å². The molecule has 1 N–H and O–H groups in total. The van der Waals surface area contributed by atoms with Crippen LogP contribution in [0.1, 0.15) is 168 Å². The standard InChI is InChI=1S/C60H96NO8P/c1-6-8-10-12-14-16-18-20-22-24-26-27-28-29-30-31-32-33-35-37-39-41-43-45-47-49-51-53-60(63)69-58(57-68-70(64,65)67-55-54-61(3,4)5)56-66-59(62)52-50-48-46-44-42-40-38-36-34-25-23-21-19-17-15-13-11-9-7-2/h8-11,14-17,20-23,26-27,29-30,32-34,36,40,42,46,48,58H,6-7,12-13,18-19,24-25,28,31,35,37-39,41,43-45,47,49-57H2,1-5H3/p+1/b10-8-,11-9-,16-14-,17-15-,22-20-,23-21-,27-26-,30-29-,33-32-,36-34-,42-40-,48-46-. The third-order valence-corrected chi connectivity index (χ3v) is 11.4. The van der Waals surface area contributed by atoms with E-state index in [9.17, 15) is 19.0 Å². The van der Waals surface area contributed by atoms with Crippen molar-refractivity contribution in [1.82, 2.24) is 0 Å². The van der Waals surface area contributed by atoms with E-state index >= 15 is 0 Å². The lowest BCUT2D eigenvalue weighted by molar-refractivity contribution is -0.870. The summed E-state index contributed by atoms with van der Waals surface area (Å²) < 4.78 is 34.4. The van der Waals surface area contributed by atoms with Gasteiger partial charge in [-0.25, -0.2) is 4.57 Å². The van der Waals surface area contributed by atoms with E-state index in [-0.39, 0.29) is 26.1 Å². The Kier molecular flexibility index (Phi) is 46.9. The van der Waals surface area contributed by atoms with Crippen LogP contribution in [0.2, 0.25) is 0 Å². The first kappa shape index (κ1) is 65.9. The molecule has 0 aliphatic carbocycles. The molecule has 2 unspecified atom stereocenters. The second-order valence-corrected chi connectivity index (χ2v) is 19.6. The average Bonchev–Trinajstić information content (AvgIpc) is 3.32. The van der Waals surface area contributed by atoms with Gasteiger partial charge >= 0.3 is 19.8 Å². The number of hydrogen-bond acceptors (Lipinski definition) is 7. The maximum atomic E-state index is 12.8. The lowest BCUT2D eigenvalue weighted by Gasteiger charge is -2.24. The lowest BCUT2D eigenvalue weighted by atomic mass is 10.1. The molecule has 10 heteroatoms. The SMILES string of the molecule is CC/C=C\C/C=C\C/C=C\C/C=C\C/C=C\C/C=C\CCCCCCCCCCC(=O)OC(COC(=O)CC/C=C\C/C=C\C/C=C\C/C=C\C/C=C\C/C=C\CC)COP(=O)(O)OCC[N+](C)(C)C. The number of unbranched alkanes of at least 4 members (excludes halogenated alkanes) is 8. The highest BCUT2D eigenvalue weighted by Gasteiger charge is 2.27. The second-order valence-electron chi connectivity index (χ2n) is 18.1. The van der Waals surface area contributed by atoms with Crippen molar-refractivity contribution in [3.05, 3.63) is 146 Å². The third kappa shape index (κ3) is 53.2. The molecule has 0 aromatic heterocycles. The molecule has 0 heterocycles. The molecule has 0 rings (SSSR count). The number of quaternary nitrogens is 1. The summed E-state index contributed by atoms with van der Waals surface area (Å²) in [5.41, 5.74) is 0. The van der Waals surface area contributed by atoms with Crippen LogP contribution < -0.4 is 0 Å². The molecule has 0 bridgehead atoms. The van der Waals surface area contributed by atoms with Crippen LogP contribution >= 0.6 is 7.82 Å². The van der Waals surface area contributed by atoms with Crippen LogP contribution in [0.25, 0.3) is 0 Å². The van der Waals surface area contributed by atoms with E-state index in [1.807, 2.05) is 33.3 Å². The minimum absolute atomic E-state index is 0.00956. The highest BCUT2D eigenvalue weighted by molar-refractivity contribution is 7.47. The molecule has 0 aromatic rings. The molecule has 0 aliphatic rings. The van der Waals surface area contributed by atoms with Crippen molar-refractivity contribution < 1.29 is 42.1 Å². The molecule has 0 aromatic carbocycles. The minimum atomic E-state index is -4.41. The summed E-state index contributed by atoms with van der Waals surface area (Å²) in [7, 11) is 1.41. The fourth-order valence-corrected chi connectivity index (χ4v) is 7.08. The molecule has 70 heavy (non-hydrogen) atoms. The summed E-state index contributed by atoms with van der Waals surface area (Å²) in [4.78, 5) is 35.6. The van der Waals surface area contributed by atoms with Gasteiger partial charge in [0.25, 0.3) is 0 Å². The van der Waals surface area contributed by atoms with Crippen molar-refractivity contribution in [3.63, 3.8) is 0 Å². The summed E-state index contributed by atoms with van der Waals surface area (Å²) in [6.07, 6.45) is 73.5. The molecule has 0 spiro atoms. The number of rotatable bonds is 46. The number of phosphoric ester groups is 1. The maximum absolute atomic E-state index is 12.8. The van der Waals surface area contributed by atoms with Crippen molar-refractivity contribution in [2.45, 2.75) is 174 Å². The lowest BCUT2D eigenvalue weighted by Crippen LogP contribution is -2.37. The van der Waals surface area contributed by atoms with Crippen LogP contribution in [0.3, 0.4) is 0 Å². The van der Waals surface area contributed by atoms with Crippen LogP contribution in [0, 0.1) is 0 Å². The smallest absolute Gasteiger partial charge is 0.462 e. The van der Waals surface area contributed by atoms with E-state index in [0.717, 1.165) is 103 Å². The van der Waals surface area contributed by atoms with E-state index in [1.165, 1.54) is 25.7 Å². The van der Waals surface area contributed by atoms with E-state index < -0.39 is 32.5 Å². The summed E-state index contributed by atoms with van der Waals surface area (Å²) in [6, 6.07) is 0. The largest absolute Gasteiger partial charge is 0.472 e. The van der Waals surface area contributed by atoms with Gasteiger partial charge in [-0.05, 0) is 103 Å². The first-order valence-electron chi connectivity index (χ1n) is 26.6. The minimum Gasteiger partial charge on any atom is -0.462 e. The number of phosphoric acid groups is 1. The monoisotopic (exact) mass is 991 g/mol. The number of carbonyl (C=O) groups excluding carboxylic acids is 2. The molecule has 0 saturated carbocycles. The number of allylic oxidation sites excluding steroid dienone is 24. The Bertz CT molecular complexity index is 1690. The van der Waals surface area contributed by atoms with Gasteiger partial charge in [-0.2, -0.15) is 0 Å². The van der Waals surface area contributed by atoms with Crippen molar-refractivity contribution >= 4 is 19.8 Å². The predicted octanol–water partition coefficient (Wildman–Crippen LogP) is 16.4. The zero-order chi connectivity index (χ0) is 51.3. The Morgan fingerprint density at radius 3 is 1.20 bits per heavy atom. The van der Waals surface area contributed by atoms with Gasteiger partial charge in [0.2, 0.25) is 0 Å². The highest BCUT2D eigenvalue weighted by atomic mass is 31.2. The summed E-state index contributed by atoms with van der Waals surface area (Å²) in [5, 5.41) is 0. The first-order chi connectivity index (χ1) is 34.0. The third-order valence-electron chi connectivity index (χ3n) is 10.4. The zero-order valence-corrected chi connectivity index (χ0v) is 45.3. The van der Waals surface area contributed by atoms with Gasteiger partial charge in [-0.15, -0.1) is 0 Å². The Labute approximate surface area is 427 Å². The number of carbonyl (C=O) groups is 2. The van der Waals surface area contributed by atoms with E-state index in [0.29, 0.717) is 23.9 Å². The first-order valence-corrected chi connectivity index (χ1v) is 28.1. The van der Waals surface area contributed by atoms with Crippen molar-refractivity contribution in [2.75, 3.05) is 47.5 Å². The number of esters is 2. The van der Waals surface area contributed by atoms with Gasteiger partial charge in [-0.1, -0.05) is 198 Å². The van der Waals surface area contributed by atoms with Gasteiger partial charge in [0.05, 0.1) is 27.7 Å². The maximum Gasteiger partial charge on any atom is 0.472 e. The van der Waals surface area contributed by atoms with Crippen molar-refractivity contribution in [3.8, 4) is 0 Å². The Morgan fingerprint density at radius 1 is 0.443 bits per heavy atom. The van der Waals surface area contributed by atoms with Crippen molar-refractivity contribution in [1.29, 1.82) is 0 Å². The highest BCUT2D eigenvalue weighted by Crippen LogP contribution is 2.43. The molecule has 0 aliphatic heterocycles. The topological polar surface area (TPSA) is 108 Å². The molecule has 394 valence electrons. The Hall–Kier alpha value is -4.11. The fraction of sp³-hybridized carbons (Fsp3) is 0.567. The summed E-state index contributed by atoms with van der Waals surface area (Å²) in [6.45, 7) is 4.07. The normalized spacial score (nSPS) is 14.5. The Balaban J connectivity index is 4.37. The molecular formula is C60H97NO8P+. The quantitative estimate of drug-likeness (QED) is 0.0211. The Morgan fingerprint density at radius 2 is 0.800 bits per heavy atom. The zero-order valence-electron chi connectivity index (χ0n) is 44.4. The van der Waals surface area contributed by atoms with Crippen LogP contribution in [-0.4, -0.2) is 74.9 Å². The van der Waals surface area contributed by atoms with Gasteiger partial charge in [0, 0.05) is 12.8 Å². The van der Waals surface area contributed by atoms with Crippen LogP contribution in [0.5, 0.6) is 0 Å². The van der Waals surface area contributed by atoms with E-state index in [2.05, 4.69) is 148 Å². The predicted molar refractivity (Wildman–Crippen MR) is 297 cm³/mol. The molecule has 0 amide bonds. The van der Waals surface area contributed by atoms with Crippen LogP contribution in [-0.2, 0) is 32.7 Å². The van der Waals surface area contributed by atoms with Crippen molar-refractivity contribution in [2.24, 2.45) is 0 Å². The van der Waals surface area contributed by atoms with E-state index in [4.69, 9.17) is 18.5 Å². The van der Waals surface area contributed by atoms with Gasteiger partial charge in [0.15, 0.2) is 6.10 Å². The molecule has 9 nitrogen and oxygen atoms in total. The van der Waals surface area contributed by atoms with Gasteiger partial charge in [-0.3, -0.25) is 18.6 Å². The van der Waals surface area contributed by atoms with Crippen LogP contribution in [0.4, 0.5) is 0 Å². The number of hydrogen-bond donors (Lipinski definition) is 1. The molecule has 0 radical (unpaired) electrons. The summed E-state index contributed by atoms with van der Waals surface area (Å²) >= 11 is 0. The molecule has 0 saturated heterocycles. The number of ether oxygens (including phenoxy) is 2. The number of nitrogens with zero attached hydrogens (tertiary/aromatic N) is 1. The average molecular weight is 991 g/mol. The molecule has 0 fully saturated rings. The fourth-order valence-electron chi connectivity index (χ4n) is 6.34. The van der Waals surface area contributed by atoms with E-state index in [1.54, 1.807) is 0 Å². The number of likely N-dealkylation sites (N-methyl/N-ethyl adjacent to an activating group) is 1. The van der Waals surface area contributed by atoms with Crippen LogP contribution in [0.15, 0.2) is 146 Å². The van der Waals surface area contributed by atoms with Gasteiger partial charge in [0.1, 0.15) is 19.8 Å². The molecular weight excluding hydrogens is 894 g/mol. The second kappa shape index (κ2) is 49.9. The molecule has 2 atom stereocenters.